The van der Waals surface area contributed by atoms with E-state index in [1.807, 2.05) is 30.3 Å². The summed E-state index contributed by atoms with van der Waals surface area (Å²) < 4.78 is 2.06. The molecule has 0 aliphatic heterocycles. The fraction of sp³-hybridized carbons (Fsp3) is 0.500. The lowest BCUT2D eigenvalue weighted by Crippen LogP contribution is -2.32. The Morgan fingerprint density at radius 1 is 1.35 bits per heavy atom. The monoisotopic (exact) mass is 312 g/mol. The molecule has 0 radical (unpaired) electrons. The third-order valence-electron chi connectivity index (χ3n) is 4.34. The number of aromatic nitrogens is 3. The molecule has 1 amide bonds. The van der Waals surface area contributed by atoms with Gasteiger partial charge in [-0.25, -0.2) is 0 Å². The first-order valence-corrected chi connectivity index (χ1v) is 8.50. The van der Waals surface area contributed by atoms with E-state index in [9.17, 15) is 4.79 Å². The summed E-state index contributed by atoms with van der Waals surface area (Å²) in [6.07, 6.45) is 6.04. The maximum absolute atomic E-state index is 12.5. The van der Waals surface area contributed by atoms with Gasteiger partial charge in [-0.2, -0.15) is 0 Å². The minimum atomic E-state index is -0.0648. The normalized spacial score (nSPS) is 15.3. The Hall–Kier alpha value is -2.17. The van der Waals surface area contributed by atoms with Crippen LogP contribution in [0.25, 0.3) is 0 Å². The number of hydrogen-bond acceptors (Lipinski definition) is 3. The highest BCUT2D eigenvalue weighted by atomic mass is 16.1. The van der Waals surface area contributed by atoms with Crippen LogP contribution >= 0.6 is 0 Å². The van der Waals surface area contributed by atoms with Gasteiger partial charge in [0.25, 0.3) is 0 Å². The fourth-order valence-electron chi connectivity index (χ4n) is 2.94. The summed E-state index contributed by atoms with van der Waals surface area (Å²) in [5, 5.41) is 11.3. The van der Waals surface area contributed by atoms with Gasteiger partial charge in [-0.05, 0) is 24.8 Å². The molecule has 0 bridgehead atoms. The minimum Gasteiger partial charge on any atom is -0.354 e. The van der Waals surface area contributed by atoms with Crippen molar-refractivity contribution < 1.29 is 4.79 Å². The van der Waals surface area contributed by atoms with Crippen LogP contribution in [-0.2, 0) is 11.3 Å². The van der Waals surface area contributed by atoms with Crippen LogP contribution in [0.4, 0.5) is 0 Å². The molecule has 0 spiro atoms. The van der Waals surface area contributed by atoms with Crippen LogP contribution in [0, 0.1) is 0 Å². The zero-order chi connectivity index (χ0) is 16.1. The van der Waals surface area contributed by atoms with Crippen molar-refractivity contribution in [3.63, 3.8) is 0 Å². The lowest BCUT2D eigenvalue weighted by molar-refractivity contribution is -0.122. The molecule has 1 atom stereocenters. The molecule has 1 saturated carbocycles. The van der Waals surface area contributed by atoms with Crippen LogP contribution < -0.4 is 5.32 Å². The summed E-state index contributed by atoms with van der Waals surface area (Å²) in [5.41, 5.74) is 1.09. The van der Waals surface area contributed by atoms with Crippen molar-refractivity contribution in [1.29, 1.82) is 0 Å². The van der Waals surface area contributed by atoms with E-state index >= 15 is 0 Å². The SMILES string of the molecule is CCC[C@@H](C(=O)NCCn1cnnc1C1CC1)c1ccccc1. The first kappa shape index (κ1) is 15.7. The van der Waals surface area contributed by atoms with Gasteiger partial charge in [0, 0.05) is 19.0 Å². The van der Waals surface area contributed by atoms with Crippen molar-refractivity contribution in [2.75, 3.05) is 6.54 Å². The van der Waals surface area contributed by atoms with Gasteiger partial charge in [-0.1, -0.05) is 43.7 Å². The molecule has 2 aromatic rings. The molecular weight excluding hydrogens is 288 g/mol. The Labute approximate surface area is 137 Å². The summed E-state index contributed by atoms with van der Waals surface area (Å²) in [6.45, 7) is 3.46. The Kier molecular flexibility index (Phi) is 5.05. The maximum atomic E-state index is 12.5. The molecule has 0 saturated heterocycles. The third kappa shape index (κ3) is 3.97. The molecule has 1 aliphatic rings. The first-order chi connectivity index (χ1) is 11.3. The number of carbonyl (C=O) groups is 1. The van der Waals surface area contributed by atoms with E-state index in [-0.39, 0.29) is 11.8 Å². The fourth-order valence-corrected chi connectivity index (χ4v) is 2.94. The number of nitrogens with one attached hydrogen (secondary N) is 1. The zero-order valence-electron chi connectivity index (χ0n) is 13.6. The summed E-state index contributed by atoms with van der Waals surface area (Å²) >= 11 is 0. The molecule has 1 aromatic carbocycles. The molecule has 5 heteroatoms. The van der Waals surface area contributed by atoms with Crippen LogP contribution in [0.3, 0.4) is 0 Å². The van der Waals surface area contributed by atoms with Crippen molar-refractivity contribution in [3.05, 3.63) is 48.0 Å². The third-order valence-corrected chi connectivity index (χ3v) is 4.34. The number of nitrogens with zero attached hydrogens (tertiary/aromatic N) is 3. The zero-order valence-corrected chi connectivity index (χ0v) is 13.6. The minimum absolute atomic E-state index is 0.0648. The van der Waals surface area contributed by atoms with E-state index in [1.54, 1.807) is 6.33 Å². The largest absolute Gasteiger partial charge is 0.354 e. The van der Waals surface area contributed by atoms with Gasteiger partial charge < -0.3 is 9.88 Å². The molecule has 1 heterocycles. The topological polar surface area (TPSA) is 59.8 Å². The number of carbonyl (C=O) groups excluding carboxylic acids is 1. The lowest BCUT2D eigenvalue weighted by atomic mass is 9.94. The summed E-state index contributed by atoms with van der Waals surface area (Å²) in [5.74, 6) is 1.68. The highest BCUT2D eigenvalue weighted by Gasteiger charge is 2.28. The van der Waals surface area contributed by atoms with Crippen molar-refractivity contribution in [3.8, 4) is 0 Å². The van der Waals surface area contributed by atoms with E-state index in [2.05, 4.69) is 27.0 Å². The van der Waals surface area contributed by atoms with E-state index < -0.39 is 0 Å². The van der Waals surface area contributed by atoms with Crippen molar-refractivity contribution in [2.24, 2.45) is 0 Å². The number of benzene rings is 1. The average molecular weight is 312 g/mol. The van der Waals surface area contributed by atoms with Crippen LogP contribution in [0.15, 0.2) is 36.7 Å². The van der Waals surface area contributed by atoms with E-state index in [4.69, 9.17) is 0 Å². The van der Waals surface area contributed by atoms with E-state index in [0.717, 1.165) is 30.8 Å². The van der Waals surface area contributed by atoms with Gasteiger partial charge in [0.1, 0.15) is 12.2 Å². The van der Waals surface area contributed by atoms with Crippen LogP contribution in [0.1, 0.15) is 55.8 Å². The second-order valence-electron chi connectivity index (χ2n) is 6.20. The molecule has 1 aromatic heterocycles. The molecule has 122 valence electrons. The lowest BCUT2D eigenvalue weighted by Gasteiger charge is -2.17. The Bertz CT molecular complexity index is 633. The van der Waals surface area contributed by atoms with Gasteiger partial charge in [0.2, 0.25) is 5.91 Å². The van der Waals surface area contributed by atoms with E-state index in [0.29, 0.717) is 12.5 Å². The molecule has 23 heavy (non-hydrogen) atoms. The Morgan fingerprint density at radius 3 is 2.83 bits per heavy atom. The molecule has 5 nitrogen and oxygen atoms in total. The van der Waals surface area contributed by atoms with Crippen LogP contribution in [0.5, 0.6) is 0 Å². The quantitative estimate of drug-likeness (QED) is 0.815. The predicted octanol–water partition coefficient (Wildman–Crippen LogP) is 2.86. The predicted molar refractivity (Wildman–Crippen MR) is 89.1 cm³/mol. The van der Waals surface area contributed by atoms with Crippen LogP contribution in [0.2, 0.25) is 0 Å². The number of rotatable bonds is 8. The summed E-state index contributed by atoms with van der Waals surface area (Å²) in [7, 11) is 0. The molecular formula is C18H24N4O. The highest BCUT2D eigenvalue weighted by molar-refractivity contribution is 5.83. The van der Waals surface area contributed by atoms with Gasteiger partial charge in [-0.15, -0.1) is 10.2 Å². The highest BCUT2D eigenvalue weighted by Crippen LogP contribution is 2.38. The van der Waals surface area contributed by atoms with Crippen molar-refractivity contribution in [2.45, 2.75) is 51.0 Å². The van der Waals surface area contributed by atoms with Crippen molar-refractivity contribution >= 4 is 5.91 Å². The Balaban J connectivity index is 1.55. The van der Waals surface area contributed by atoms with Gasteiger partial charge in [0.15, 0.2) is 0 Å². The molecule has 1 N–H and O–H groups in total. The van der Waals surface area contributed by atoms with Gasteiger partial charge >= 0.3 is 0 Å². The molecule has 3 rings (SSSR count). The molecule has 0 unspecified atom stereocenters. The molecule has 1 aliphatic carbocycles. The van der Waals surface area contributed by atoms with Gasteiger partial charge in [0.05, 0.1) is 5.92 Å². The number of hydrogen-bond donors (Lipinski definition) is 1. The summed E-state index contributed by atoms with van der Waals surface area (Å²) in [4.78, 5) is 12.5. The summed E-state index contributed by atoms with van der Waals surface area (Å²) in [6, 6.07) is 10.0. The van der Waals surface area contributed by atoms with Gasteiger partial charge in [-0.3, -0.25) is 4.79 Å². The first-order valence-electron chi connectivity index (χ1n) is 8.50. The number of amides is 1. The molecule has 1 fully saturated rings. The maximum Gasteiger partial charge on any atom is 0.227 e. The van der Waals surface area contributed by atoms with Crippen LogP contribution in [-0.4, -0.2) is 27.2 Å². The smallest absolute Gasteiger partial charge is 0.227 e. The average Bonchev–Trinajstić information content (AvgIpc) is 3.32. The Morgan fingerprint density at radius 2 is 2.13 bits per heavy atom. The second-order valence-corrected chi connectivity index (χ2v) is 6.20. The standard InChI is InChI=1S/C18H24N4O/c1-2-6-16(14-7-4-3-5-8-14)18(23)19-11-12-22-13-20-21-17(22)15-9-10-15/h3-5,7-8,13,15-16H,2,6,9-12H2,1H3,(H,19,23)/t16-/m1/s1. The second kappa shape index (κ2) is 7.40. The van der Waals surface area contributed by atoms with Crippen molar-refractivity contribution in [1.82, 2.24) is 20.1 Å². The van der Waals surface area contributed by atoms with E-state index in [1.165, 1.54) is 12.8 Å².